The average molecular weight is 390 g/mol. The van der Waals surface area contributed by atoms with Crippen LogP contribution in [0.2, 0.25) is 0 Å². The standard InChI is InChI=1S/C23H26N4O2/c28-22-12-11-21(25-27(22)20-9-5-2-6-10-20)23(29)24-19-13-15-26(16-14-19)17-18-7-3-1-4-8-18/h1-10,19H,11-17H2,(H,24,29). The van der Waals surface area contributed by atoms with Crippen molar-refractivity contribution in [3.8, 4) is 0 Å². The third kappa shape index (κ3) is 4.90. The first-order valence-electron chi connectivity index (χ1n) is 10.2. The maximum Gasteiger partial charge on any atom is 0.267 e. The van der Waals surface area contributed by atoms with Gasteiger partial charge in [0.2, 0.25) is 5.91 Å². The van der Waals surface area contributed by atoms with E-state index in [1.54, 1.807) is 0 Å². The number of hydrogen-bond acceptors (Lipinski definition) is 4. The Labute approximate surface area is 171 Å². The first kappa shape index (κ1) is 19.3. The molecule has 2 amide bonds. The van der Waals surface area contributed by atoms with Crippen LogP contribution in [-0.2, 0) is 16.1 Å². The first-order valence-corrected chi connectivity index (χ1v) is 10.2. The highest BCUT2D eigenvalue weighted by molar-refractivity contribution is 6.40. The summed E-state index contributed by atoms with van der Waals surface area (Å²) in [4.78, 5) is 27.4. The average Bonchev–Trinajstić information content (AvgIpc) is 2.77. The number of nitrogens with one attached hydrogen (secondary N) is 1. The Kier molecular flexibility index (Phi) is 6.00. The van der Waals surface area contributed by atoms with Gasteiger partial charge in [0, 0.05) is 38.5 Å². The van der Waals surface area contributed by atoms with Crippen LogP contribution in [0.25, 0.3) is 0 Å². The van der Waals surface area contributed by atoms with Crippen molar-refractivity contribution in [2.24, 2.45) is 5.10 Å². The van der Waals surface area contributed by atoms with Crippen molar-refractivity contribution in [3.05, 3.63) is 66.2 Å². The summed E-state index contributed by atoms with van der Waals surface area (Å²) in [6, 6.07) is 19.9. The highest BCUT2D eigenvalue weighted by Gasteiger charge is 2.28. The Morgan fingerprint density at radius 3 is 2.31 bits per heavy atom. The molecule has 1 N–H and O–H groups in total. The number of carbonyl (C=O) groups excluding carboxylic acids is 2. The maximum absolute atomic E-state index is 12.7. The van der Waals surface area contributed by atoms with E-state index in [0.29, 0.717) is 24.2 Å². The van der Waals surface area contributed by atoms with E-state index in [1.807, 2.05) is 36.4 Å². The van der Waals surface area contributed by atoms with Crippen LogP contribution in [-0.4, -0.2) is 41.6 Å². The fraction of sp³-hybridized carbons (Fsp3) is 0.348. The van der Waals surface area contributed by atoms with Crippen LogP contribution in [0, 0.1) is 0 Å². The molecule has 0 radical (unpaired) electrons. The van der Waals surface area contributed by atoms with E-state index in [0.717, 1.165) is 32.5 Å². The minimum atomic E-state index is -0.153. The number of hydrogen-bond donors (Lipinski definition) is 1. The van der Waals surface area contributed by atoms with Crippen molar-refractivity contribution >= 4 is 23.2 Å². The summed E-state index contributed by atoms with van der Waals surface area (Å²) in [7, 11) is 0. The van der Waals surface area contributed by atoms with E-state index in [9.17, 15) is 9.59 Å². The zero-order valence-electron chi connectivity index (χ0n) is 16.5. The molecule has 4 rings (SSSR count). The molecule has 0 spiro atoms. The summed E-state index contributed by atoms with van der Waals surface area (Å²) in [5, 5.41) is 8.82. The molecule has 2 aliphatic rings. The monoisotopic (exact) mass is 390 g/mol. The summed E-state index contributed by atoms with van der Waals surface area (Å²) in [5.41, 5.74) is 2.44. The summed E-state index contributed by atoms with van der Waals surface area (Å²) >= 11 is 0. The molecule has 1 fully saturated rings. The number of carbonyl (C=O) groups is 2. The summed E-state index contributed by atoms with van der Waals surface area (Å²) in [6.45, 7) is 2.87. The van der Waals surface area contributed by atoms with E-state index in [4.69, 9.17) is 0 Å². The zero-order chi connectivity index (χ0) is 20.1. The second-order valence-electron chi connectivity index (χ2n) is 7.60. The number of rotatable bonds is 5. The second-order valence-corrected chi connectivity index (χ2v) is 7.60. The second kappa shape index (κ2) is 9.01. The van der Waals surface area contributed by atoms with E-state index in [-0.39, 0.29) is 17.9 Å². The molecule has 29 heavy (non-hydrogen) atoms. The highest BCUT2D eigenvalue weighted by atomic mass is 16.2. The Morgan fingerprint density at radius 2 is 1.62 bits per heavy atom. The first-order chi connectivity index (χ1) is 14.2. The number of benzene rings is 2. The molecule has 0 bridgehead atoms. The van der Waals surface area contributed by atoms with Gasteiger partial charge in [-0.1, -0.05) is 48.5 Å². The Bertz CT molecular complexity index is 874. The van der Waals surface area contributed by atoms with Gasteiger partial charge in [0.05, 0.1) is 5.69 Å². The third-order valence-corrected chi connectivity index (χ3v) is 5.47. The van der Waals surface area contributed by atoms with Gasteiger partial charge in [0.15, 0.2) is 0 Å². The van der Waals surface area contributed by atoms with Crippen LogP contribution in [0.4, 0.5) is 5.69 Å². The topological polar surface area (TPSA) is 65.0 Å². The molecule has 0 atom stereocenters. The van der Waals surface area contributed by atoms with Crippen LogP contribution in [0.1, 0.15) is 31.2 Å². The number of likely N-dealkylation sites (tertiary alicyclic amines) is 1. The maximum atomic E-state index is 12.7. The minimum absolute atomic E-state index is 0.0815. The van der Waals surface area contributed by atoms with Crippen LogP contribution in [0.3, 0.4) is 0 Å². The highest BCUT2D eigenvalue weighted by Crippen LogP contribution is 2.20. The van der Waals surface area contributed by atoms with Crippen LogP contribution < -0.4 is 10.3 Å². The quantitative estimate of drug-likeness (QED) is 0.854. The molecule has 0 aromatic heterocycles. The number of anilines is 1. The number of hydrazone groups is 1. The van der Waals surface area contributed by atoms with E-state index < -0.39 is 0 Å². The van der Waals surface area contributed by atoms with Crippen molar-refractivity contribution in [2.45, 2.75) is 38.3 Å². The van der Waals surface area contributed by atoms with Gasteiger partial charge in [-0.3, -0.25) is 14.5 Å². The van der Waals surface area contributed by atoms with Gasteiger partial charge in [-0.05, 0) is 30.5 Å². The Morgan fingerprint density at radius 1 is 0.966 bits per heavy atom. The lowest BCUT2D eigenvalue weighted by molar-refractivity contribution is -0.119. The Balaban J connectivity index is 1.32. The molecule has 0 saturated carbocycles. The lowest BCUT2D eigenvalue weighted by atomic mass is 10.0. The predicted octanol–water partition coefficient (Wildman–Crippen LogP) is 2.95. The van der Waals surface area contributed by atoms with Gasteiger partial charge < -0.3 is 5.32 Å². The largest absolute Gasteiger partial charge is 0.348 e. The van der Waals surface area contributed by atoms with Crippen molar-refractivity contribution in [1.29, 1.82) is 0 Å². The molecule has 2 aliphatic heterocycles. The van der Waals surface area contributed by atoms with Gasteiger partial charge in [-0.15, -0.1) is 0 Å². The van der Waals surface area contributed by atoms with Crippen LogP contribution in [0.15, 0.2) is 65.8 Å². The van der Waals surface area contributed by atoms with Crippen molar-refractivity contribution in [1.82, 2.24) is 10.2 Å². The van der Waals surface area contributed by atoms with Crippen LogP contribution >= 0.6 is 0 Å². The van der Waals surface area contributed by atoms with Crippen molar-refractivity contribution in [2.75, 3.05) is 18.1 Å². The Hall–Kier alpha value is -2.99. The van der Waals surface area contributed by atoms with Gasteiger partial charge in [0.25, 0.3) is 5.91 Å². The molecule has 6 nitrogen and oxygen atoms in total. The smallest absolute Gasteiger partial charge is 0.267 e. The summed E-state index contributed by atoms with van der Waals surface area (Å²) < 4.78 is 0. The SMILES string of the molecule is O=C(NC1CCN(Cc2ccccc2)CC1)C1=NN(c2ccccc2)C(=O)CC1. The molecule has 0 unspecified atom stereocenters. The summed E-state index contributed by atoms with van der Waals surface area (Å²) in [6.07, 6.45) is 2.54. The number of piperidine rings is 1. The normalized spacial score (nSPS) is 18.4. The van der Waals surface area contributed by atoms with Gasteiger partial charge in [-0.2, -0.15) is 5.10 Å². The molecule has 150 valence electrons. The van der Waals surface area contributed by atoms with Crippen molar-refractivity contribution in [3.63, 3.8) is 0 Å². The number of amides is 2. The molecule has 6 heteroatoms. The zero-order valence-corrected chi connectivity index (χ0v) is 16.5. The lowest BCUT2D eigenvalue weighted by Gasteiger charge is -2.32. The van der Waals surface area contributed by atoms with E-state index in [2.05, 4.69) is 39.6 Å². The molecule has 2 aromatic rings. The molecule has 1 saturated heterocycles. The summed E-state index contributed by atoms with van der Waals surface area (Å²) in [5.74, 6) is -0.234. The fourth-order valence-corrected chi connectivity index (χ4v) is 3.83. The van der Waals surface area contributed by atoms with Gasteiger partial charge in [-0.25, -0.2) is 5.01 Å². The van der Waals surface area contributed by atoms with E-state index in [1.165, 1.54) is 10.6 Å². The molecule has 2 heterocycles. The number of nitrogens with zero attached hydrogens (tertiary/aromatic N) is 3. The lowest BCUT2D eigenvalue weighted by Crippen LogP contribution is -2.47. The minimum Gasteiger partial charge on any atom is -0.348 e. The third-order valence-electron chi connectivity index (χ3n) is 5.47. The van der Waals surface area contributed by atoms with Gasteiger partial charge >= 0.3 is 0 Å². The van der Waals surface area contributed by atoms with Crippen molar-refractivity contribution < 1.29 is 9.59 Å². The molecular formula is C23H26N4O2. The molecular weight excluding hydrogens is 364 g/mol. The van der Waals surface area contributed by atoms with E-state index >= 15 is 0 Å². The van der Waals surface area contributed by atoms with Crippen LogP contribution in [0.5, 0.6) is 0 Å². The fourth-order valence-electron chi connectivity index (χ4n) is 3.83. The molecule has 2 aromatic carbocycles. The number of para-hydroxylation sites is 1. The predicted molar refractivity (Wildman–Crippen MR) is 113 cm³/mol. The van der Waals surface area contributed by atoms with Gasteiger partial charge in [0.1, 0.15) is 5.71 Å². The molecule has 0 aliphatic carbocycles.